The molecule has 25 heavy (non-hydrogen) atoms. The third kappa shape index (κ3) is 3.79. The first-order valence-electron chi connectivity index (χ1n) is 7.31. The number of aromatic nitrogens is 2. The number of nitrogens with zero attached hydrogens (tertiary/aromatic N) is 3. The molecule has 7 nitrogen and oxygen atoms in total. The van der Waals surface area contributed by atoms with Gasteiger partial charge in [-0.05, 0) is 41.8 Å². The predicted molar refractivity (Wildman–Crippen MR) is 92.4 cm³/mol. The molecule has 0 saturated carbocycles. The van der Waals surface area contributed by atoms with Gasteiger partial charge in [0.05, 0.1) is 0 Å². The molecule has 10 heteroatoms. The van der Waals surface area contributed by atoms with Crippen molar-refractivity contribution in [1.82, 2.24) is 15.1 Å². The fraction of sp³-hybridized carbons (Fsp3) is 0.267. The van der Waals surface area contributed by atoms with E-state index in [9.17, 15) is 17.6 Å². The number of benzene rings is 1. The quantitative estimate of drug-likeness (QED) is 0.792. The molecule has 3 rings (SSSR count). The van der Waals surface area contributed by atoms with Crippen LogP contribution in [0.5, 0.6) is 0 Å². The van der Waals surface area contributed by atoms with Crippen molar-refractivity contribution in [2.24, 2.45) is 0 Å². The molecule has 2 amide bonds. The molecule has 0 atom stereocenters. The summed E-state index contributed by atoms with van der Waals surface area (Å²) in [5, 5.41) is 9.68. The Kier molecular flexibility index (Phi) is 4.74. The van der Waals surface area contributed by atoms with Crippen LogP contribution in [-0.2, 0) is 22.8 Å². The fourth-order valence-corrected chi connectivity index (χ4v) is 3.54. The SMILES string of the molecule is CS(=O)(=O)c1ccc(NC(=O)N2CCc3c(F)ccc(Br)c3C2)nn1. The molecule has 0 fully saturated rings. The van der Waals surface area contributed by atoms with Gasteiger partial charge in [-0.2, -0.15) is 0 Å². The Hall–Kier alpha value is -2.07. The lowest BCUT2D eigenvalue weighted by Crippen LogP contribution is -2.39. The van der Waals surface area contributed by atoms with Crippen molar-refractivity contribution < 1.29 is 17.6 Å². The summed E-state index contributed by atoms with van der Waals surface area (Å²) in [6, 6.07) is 5.25. The van der Waals surface area contributed by atoms with Crippen LogP contribution in [0.25, 0.3) is 0 Å². The Morgan fingerprint density at radius 1 is 1.24 bits per heavy atom. The van der Waals surface area contributed by atoms with E-state index in [2.05, 4.69) is 31.4 Å². The molecule has 2 aromatic rings. The number of nitrogens with one attached hydrogen (secondary N) is 1. The molecule has 1 N–H and O–H groups in total. The summed E-state index contributed by atoms with van der Waals surface area (Å²) in [4.78, 5) is 13.9. The summed E-state index contributed by atoms with van der Waals surface area (Å²) in [6.07, 6.45) is 1.43. The maximum atomic E-state index is 13.9. The highest BCUT2D eigenvalue weighted by atomic mass is 79.9. The summed E-state index contributed by atoms with van der Waals surface area (Å²) in [5.74, 6) is -0.137. The number of hydrogen-bond acceptors (Lipinski definition) is 5. The van der Waals surface area contributed by atoms with E-state index in [-0.39, 0.29) is 23.2 Å². The van der Waals surface area contributed by atoms with Crippen LogP contribution in [0.15, 0.2) is 33.8 Å². The molecule has 1 aromatic heterocycles. The third-order valence-corrected chi connectivity index (χ3v) is 5.56. The largest absolute Gasteiger partial charge is 0.323 e. The second kappa shape index (κ2) is 6.68. The first-order valence-corrected chi connectivity index (χ1v) is 9.99. The zero-order valence-corrected chi connectivity index (χ0v) is 15.6. The molecule has 1 aromatic carbocycles. The van der Waals surface area contributed by atoms with Gasteiger partial charge in [0.1, 0.15) is 5.82 Å². The Labute approximate surface area is 152 Å². The van der Waals surface area contributed by atoms with E-state index in [4.69, 9.17) is 0 Å². The highest BCUT2D eigenvalue weighted by molar-refractivity contribution is 9.10. The van der Waals surface area contributed by atoms with E-state index in [0.29, 0.717) is 18.5 Å². The van der Waals surface area contributed by atoms with E-state index in [1.165, 1.54) is 23.1 Å². The Morgan fingerprint density at radius 2 is 2.00 bits per heavy atom. The van der Waals surface area contributed by atoms with Crippen molar-refractivity contribution >= 4 is 37.6 Å². The van der Waals surface area contributed by atoms with Crippen LogP contribution >= 0.6 is 15.9 Å². The van der Waals surface area contributed by atoms with E-state index >= 15 is 0 Å². The maximum absolute atomic E-state index is 13.9. The van der Waals surface area contributed by atoms with Crippen LogP contribution in [0.4, 0.5) is 15.0 Å². The van der Waals surface area contributed by atoms with Gasteiger partial charge in [0.25, 0.3) is 0 Å². The molecule has 1 aliphatic heterocycles. The van der Waals surface area contributed by atoms with E-state index in [0.717, 1.165) is 16.3 Å². The summed E-state index contributed by atoms with van der Waals surface area (Å²) >= 11 is 3.38. The third-order valence-electron chi connectivity index (χ3n) is 3.84. The molecule has 0 saturated heterocycles. The van der Waals surface area contributed by atoms with Crippen molar-refractivity contribution in [2.75, 3.05) is 18.1 Å². The van der Waals surface area contributed by atoms with Gasteiger partial charge >= 0.3 is 6.03 Å². The van der Waals surface area contributed by atoms with Crippen LogP contribution in [0.1, 0.15) is 11.1 Å². The second-order valence-electron chi connectivity index (χ2n) is 5.62. The first kappa shape index (κ1) is 17.7. The van der Waals surface area contributed by atoms with Gasteiger partial charge < -0.3 is 4.90 Å². The second-order valence-corrected chi connectivity index (χ2v) is 8.43. The van der Waals surface area contributed by atoms with Gasteiger partial charge in [0, 0.05) is 23.8 Å². The van der Waals surface area contributed by atoms with Crippen molar-refractivity contribution in [2.45, 2.75) is 18.0 Å². The van der Waals surface area contributed by atoms with Crippen LogP contribution < -0.4 is 5.32 Å². The lowest BCUT2D eigenvalue weighted by molar-refractivity contribution is 0.205. The smallest absolute Gasteiger partial charge is 0.320 e. The first-order chi connectivity index (χ1) is 11.8. The Balaban J connectivity index is 1.73. The molecule has 0 unspecified atom stereocenters. The molecule has 0 radical (unpaired) electrons. The zero-order valence-electron chi connectivity index (χ0n) is 13.2. The van der Waals surface area contributed by atoms with Gasteiger partial charge in [-0.15, -0.1) is 10.2 Å². The fourth-order valence-electron chi connectivity index (χ4n) is 2.54. The van der Waals surface area contributed by atoms with Crippen molar-refractivity contribution in [1.29, 1.82) is 0 Å². The number of sulfone groups is 1. The van der Waals surface area contributed by atoms with Gasteiger partial charge in [-0.3, -0.25) is 5.32 Å². The van der Waals surface area contributed by atoms with E-state index in [1.54, 1.807) is 6.07 Å². The zero-order chi connectivity index (χ0) is 18.2. The van der Waals surface area contributed by atoms with Crippen LogP contribution in [0.3, 0.4) is 0 Å². The number of carbonyl (C=O) groups excluding carboxylic acids is 1. The lowest BCUT2D eigenvalue weighted by Gasteiger charge is -2.29. The molecule has 2 heterocycles. The molecule has 1 aliphatic rings. The average Bonchev–Trinajstić information content (AvgIpc) is 2.57. The minimum Gasteiger partial charge on any atom is -0.320 e. The average molecular weight is 429 g/mol. The highest BCUT2D eigenvalue weighted by Gasteiger charge is 2.25. The van der Waals surface area contributed by atoms with Gasteiger partial charge in [-0.25, -0.2) is 17.6 Å². The summed E-state index contributed by atoms with van der Waals surface area (Å²) in [5.41, 5.74) is 1.34. The molecule has 0 aliphatic carbocycles. The minimum atomic E-state index is -3.45. The number of amides is 2. The van der Waals surface area contributed by atoms with Crippen molar-refractivity contribution in [3.05, 3.63) is 45.7 Å². The van der Waals surface area contributed by atoms with Crippen LogP contribution in [0.2, 0.25) is 0 Å². The topological polar surface area (TPSA) is 92.3 Å². The number of rotatable bonds is 2. The number of urea groups is 1. The molecule has 0 bridgehead atoms. The Morgan fingerprint density at radius 3 is 2.64 bits per heavy atom. The summed E-state index contributed by atoms with van der Waals surface area (Å²) < 4.78 is 37.3. The van der Waals surface area contributed by atoms with Gasteiger partial charge in [0.2, 0.25) is 0 Å². The molecular weight excluding hydrogens is 415 g/mol. The van der Waals surface area contributed by atoms with E-state index in [1.807, 2.05) is 0 Å². The normalized spacial score (nSPS) is 14.1. The van der Waals surface area contributed by atoms with Gasteiger partial charge in [-0.1, -0.05) is 15.9 Å². The molecule has 132 valence electrons. The standard InChI is InChI=1S/C15H14BrFN4O3S/c1-25(23,24)14-5-4-13(19-20-14)18-15(22)21-7-6-9-10(8-21)11(16)2-3-12(9)17/h2-5H,6-8H2,1H3,(H,18,19,22). The summed E-state index contributed by atoms with van der Waals surface area (Å²) in [6.45, 7) is 0.620. The van der Waals surface area contributed by atoms with Crippen molar-refractivity contribution in [3.63, 3.8) is 0 Å². The number of halogens is 2. The molecule has 0 spiro atoms. The summed E-state index contributed by atoms with van der Waals surface area (Å²) in [7, 11) is -3.45. The number of anilines is 1. The van der Waals surface area contributed by atoms with E-state index < -0.39 is 15.9 Å². The van der Waals surface area contributed by atoms with Gasteiger partial charge in [0.15, 0.2) is 20.7 Å². The lowest BCUT2D eigenvalue weighted by atomic mass is 9.99. The predicted octanol–water partition coefficient (Wildman–Crippen LogP) is 2.37. The number of hydrogen-bond donors (Lipinski definition) is 1. The van der Waals surface area contributed by atoms with Crippen LogP contribution in [-0.4, -0.2) is 42.3 Å². The molecular formula is C15H14BrFN4O3S. The van der Waals surface area contributed by atoms with Crippen LogP contribution in [0, 0.1) is 5.82 Å². The number of fused-ring (bicyclic) bond motifs is 1. The van der Waals surface area contributed by atoms with Crippen molar-refractivity contribution in [3.8, 4) is 0 Å². The highest BCUT2D eigenvalue weighted by Crippen LogP contribution is 2.29. The maximum Gasteiger partial charge on any atom is 0.323 e. The number of carbonyl (C=O) groups is 1. The Bertz CT molecular complexity index is 935. The monoisotopic (exact) mass is 428 g/mol. The minimum absolute atomic E-state index is 0.140.